The van der Waals surface area contributed by atoms with E-state index in [2.05, 4.69) is 9.88 Å². The first kappa shape index (κ1) is 14.7. The van der Waals surface area contributed by atoms with Gasteiger partial charge in [0, 0.05) is 25.4 Å². The van der Waals surface area contributed by atoms with Crippen molar-refractivity contribution in [1.82, 2.24) is 9.88 Å². The van der Waals surface area contributed by atoms with E-state index in [9.17, 15) is 5.11 Å². The second-order valence-electron chi connectivity index (χ2n) is 4.37. The zero-order valence-electron chi connectivity index (χ0n) is 11.5. The molecule has 0 saturated carbocycles. The van der Waals surface area contributed by atoms with Crippen LogP contribution in [0.25, 0.3) is 0 Å². The second kappa shape index (κ2) is 7.18. The van der Waals surface area contributed by atoms with E-state index < -0.39 is 0 Å². The van der Waals surface area contributed by atoms with Gasteiger partial charge in [-0.1, -0.05) is 0 Å². The molecular formula is C13H22N2O3. The predicted molar refractivity (Wildman–Crippen MR) is 70.0 cm³/mol. The molecular weight excluding hydrogens is 232 g/mol. The van der Waals surface area contributed by atoms with Gasteiger partial charge in [0.25, 0.3) is 0 Å². The van der Waals surface area contributed by atoms with Crippen LogP contribution in [0.2, 0.25) is 0 Å². The zero-order valence-corrected chi connectivity index (χ0v) is 11.5. The van der Waals surface area contributed by atoms with Crippen LogP contribution in [0.3, 0.4) is 0 Å². The molecule has 1 rings (SSSR count). The minimum absolute atomic E-state index is 0.285. The first-order valence-corrected chi connectivity index (χ1v) is 6.01. The Kier molecular flexibility index (Phi) is 5.88. The lowest BCUT2D eigenvalue weighted by molar-refractivity contribution is 0.162. The van der Waals surface area contributed by atoms with Gasteiger partial charge in [-0.2, -0.15) is 0 Å². The van der Waals surface area contributed by atoms with Gasteiger partial charge in [-0.15, -0.1) is 0 Å². The van der Waals surface area contributed by atoms with Crippen molar-refractivity contribution in [2.75, 3.05) is 27.8 Å². The molecule has 0 aliphatic carbocycles. The molecule has 1 aromatic heterocycles. The molecule has 5 nitrogen and oxygen atoms in total. The minimum atomic E-state index is -0.285. The largest absolute Gasteiger partial charge is 0.493 e. The molecule has 0 aromatic carbocycles. The van der Waals surface area contributed by atoms with Crippen molar-refractivity contribution in [1.29, 1.82) is 0 Å². The number of aliphatic hydroxyl groups excluding tert-OH is 1. The van der Waals surface area contributed by atoms with Gasteiger partial charge in [-0.25, -0.2) is 0 Å². The Hall–Kier alpha value is -1.33. The van der Waals surface area contributed by atoms with E-state index in [4.69, 9.17) is 9.47 Å². The van der Waals surface area contributed by atoms with Crippen LogP contribution in [-0.2, 0) is 6.54 Å². The Morgan fingerprint density at radius 1 is 1.39 bits per heavy atom. The third-order valence-corrected chi connectivity index (χ3v) is 2.71. The molecule has 1 aromatic rings. The molecule has 18 heavy (non-hydrogen) atoms. The van der Waals surface area contributed by atoms with Crippen molar-refractivity contribution < 1.29 is 14.6 Å². The highest BCUT2D eigenvalue weighted by atomic mass is 16.5. The standard InChI is InChI=1S/C13H22N2O3/c1-10(16)6-8-15(2)9-11-13(18-4)12(17-3)5-7-14-11/h5,7,10,16H,6,8-9H2,1-4H3. The maximum atomic E-state index is 9.26. The van der Waals surface area contributed by atoms with Gasteiger partial charge in [0.05, 0.1) is 20.3 Å². The van der Waals surface area contributed by atoms with Gasteiger partial charge in [0.2, 0.25) is 0 Å². The molecule has 0 saturated heterocycles. The molecule has 0 radical (unpaired) electrons. The first-order chi connectivity index (χ1) is 8.58. The van der Waals surface area contributed by atoms with Crippen LogP contribution in [0.5, 0.6) is 11.5 Å². The highest BCUT2D eigenvalue weighted by Gasteiger charge is 2.13. The summed E-state index contributed by atoms with van der Waals surface area (Å²) in [5, 5.41) is 9.26. The Morgan fingerprint density at radius 3 is 2.67 bits per heavy atom. The third kappa shape index (κ3) is 4.16. The molecule has 102 valence electrons. The van der Waals surface area contributed by atoms with Gasteiger partial charge < -0.3 is 19.5 Å². The van der Waals surface area contributed by atoms with Gasteiger partial charge in [-0.05, 0) is 20.4 Å². The van der Waals surface area contributed by atoms with Gasteiger partial charge >= 0.3 is 0 Å². The number of methoxy groups -OCH3 is 2. The molecule has 1 N–H and O–H groups in total. The van der Waals surface area contributed by atoms with E-state index in [1.807, 2.05) is 7.05 Å². The topological polar surface area (TPSA) is 54.8 Å². The van der Waals surface area contributed by atoms with Crippen molar-refractivity contribution in [2.24, 2.45) is 0 Å². The average Bonchev–Trinajstić information content (AvgIpc) is 2.36. The lowest BCUT2D eigenvalue weighted by Crippen LogP contribution is -2.23. The Morgan fingerprint density at radius 2 is 2.11 bits per heavy atom. The Bertz CT molecular complexity index is 369. The molecule has 1 atom stereocenters. The minimum Gasteiger partial charge on any atom is -0.493 e. The van der Waals surface area contributed by atoms with Gasteiger partial charge in [0.1, 0.15) is 5.69 Å². The average molecular weight is 254 g/mol. The monoisotopic (exact) mass is 254 g/mol. The summed E-state index contributed by atoms with van der Waals surface area (Å²) in [6.45, 7) is 3.25. The molecule has 0 aliphatic heterocycles. The third-order valence-electron chi connectivity index (χ3n) is 2.71. The van der Waals surface area contributed by atoms with Crippen molar-refractivity contribution >= 4 is 0 Å². The van der Waals surface area contributed by atoms with E-state index in [0.717, 1.165) is 18.7 Å². The molecule has 0 amide bonds. The lowest BCUT2D eigenvalue weighted by atomic mass is 10.2. The molecule has 0 fully saturated rings. The second-order valence-corrected chi connectivity index (χ2v) is 4.37. The summed E-state index contributed by atoms with van der Waals surface area (Å²) in [7, 11) is 5.21. The summed E-state index contributed by atoms with van der Waals surface area (Å²) in [6, 6.07) is 1.78. The first-order valence-electron chi connectivity index (χ1n) is 6.01. The maximum absolute atomic E-state index is 9.26. The molecule has 0 bridgehead atoms. The summed E-state index contributed by atoms with van der Waals surface area (Å²) in [5.74, 6) is 1.36. The van der Waals surface area contributed by atoms with E-state index in [1.165, 1.54) is 0 Å². The molecule has 0 spiro atoms. The highest BCUT2D eigenvalue weighted by Crippen LogP contribution is 2.29. The number of rotatable bonds is 7. The van der Waals surface area contributed by atoms with Crippen LogP contribution in [0.15, 0.2) is 12.3 Å². The van der Waals surface area contributed by atoms with Crippen molar-refractivity contribution in [3.8, 4) is 11.5 Å². The number of ether oxygens (including phenoxy) is 2. The maximum Gasteiger partial charge on any atom is 0.183 e. The Labute approximate surface area is 108 Å². The van der Waals surface area contributed by atoms with Crippen LogP contribution in [0, 0.1) is 0 Å². The number of aromatic nitrogens is 1. The summed E-state index contributed by atoms with van der Waals surface area (Å²) in [6.07, 6.45) is 2.16. The summed E-state index contributed by atoms with van der Waals surface area (Å²) in [4.78, 5) is 6.41. The number of aliphatic hydroxyl groups is 1. The molecule has 0 aliphatic rings. The molecule has 5 heteroatoms. The van der Waals surface area contributed by atoms with Crippen LogP contribution < -0.4 is 9.47 Å². The van der Waals surface area contributed by atoms with Crippen LogP contribution in [0.1, 0.15) is 19.0 Å². The van der Waals surface area contributed by atoms with E-state index in [1.54, 1.807) is 33.4 Å². The molecule has 1 heterocycles. The van der Waals surface area contributed by atoms with E-state index >= 15 is 0 Å². The zero-order chi connectivity index (χ0) is 13.5. The Balaban J connectivity index is 2.71. The fraction of sp³-hybridized carbons (Fsp3) is 0.615. The number of pyridine rings is 1. The SMILES string of the molecule is COc1ccnc(CN(C)CCC(C)O)c1OC. The van der Waals surface area contributed by atoms with Gasteiger partial charge in [0.15, 0.2) is 11.5 Å². The fourth-order valence-electron chi connectivity index (χ4n) is 1.71. The van der Waals surface area contributed by atoms with Crippen molar-refractivity contribution in [3.63, 3.8) is 0 Å². The van der Waals surface area contributed by atoms with E-state index in [-0.39, 0.29) is 6.10 Å². The highest BCUT2D eigenvalue weighted by molar-refractivity contribution is 5.42. The normalized spacial score (nSPS) is 12.6. The lowest BCUT2D eigenvalue weighted by Gasteiger charge is -2.19. The predicted octanol–water partition coefficient (Wildman–Crippen LogP) is 1.30. The number of hydrogen-bond donors (Lipinski definition) is 1. The van der Waals surface area contributed by atoms with Crippen molar-refractivity contribution in [2.45, 2.75) is 26.0 Å². The van der Waals surface area contributed by atoms with Gasteiger partial charge in [-0.3, -0.25) is 4.98 Å². The van der Waals surface area contributed by atoms with Crippen LogP contribution in [0.4, 0.5) is 0 Å². The van der Waals surface area contributed by atoms with E-state index in [0.29, 0.717) is 18.0 Å². The molecule has 1 unspecified atom stereocenters. The number of nitrogens with zero attached hydrogens (tertiary/aromatic N) is 2. The van der Waals surface area contributed by atoms with Crippen LogP contribution >= 0.6 is 0 Å². The fourth-order valence-corrected chi connectivity index (χ4v) is 1.71. The number of hydrogen-bond acceptors (Lipinski definition) is 5. The summed E-state index contributed by atoms with van der Waals surface area (Å²) < 4.78 is 10.6. The quantitative estimate of drug-likeness (QED) is 0.795. The van der Waals surface area contributed by atoms with Crippen LogP contribution in [-0.4, -0.2) is 48.9 Å². The summed E-state index contributed by atoms with van der Waals surface area (Å²) in [5.41, 5.74) is 0.838. The van der Waals surface area contributed by atoms with Crippen molar-refractivity contribution in [3.05, 3.63) is 18.0 Å². The summed E-state index contributed by atoms with van der Waals surface area (Å²) >= 11 is 0. The smallest absolute Gasteiger partial charge is 0.183 e.